The summed E-state index contributed by atoms with van der Waals surface area (Å²) >= 11 is 0. The Balaban J connectivity index is 0.000000621. The molecule has 1 rings (SSSR count). The summed E-state index contributed by atoms with van der Waals surface area (Å²) in [5.74, 6) is 0. The monoisotopic (exact) mass is 307 g/mol. The average Bonchev–Trinajstić information content (AvgIpc) is 2.37. The topological polar surface area (TPSA) is 57.6 Å². The molecule has 1 fully saturated rings. The molecule has 1 saturated heterocycles. The maximum absolute atomic E-state index is 9.19. The fraction of sp³-hybridized carbons (Fsp3) is 1.00. The molecule has 20 heavy (non-hydrogen) atoms. The molecular weight excluding hydrogens is 274 g/mol. The van der Waals surface area contributed by atoms with E-state index in [0.29, 0.717) is 6.26 Å². The van der Waals surface area contributed by atoms with Gasteiger partial charge in [0, 0.05) is 0 Å². The Morgan fingerprint density at radius 3 is 1.85 bits per heavy atom. The lowest BCUT2D eigenvalue weighted by molar-refractivity contribution is 0.224. The first-order valence-electron chi connectivity index (χ1n) is 8.08. The molecule has 1 N–H and O–H groups in total. The highest BCUT2D eigenvalue weighted by Gasteiger charge is 2.08. The van der Waals surface area contributed by atoms with Gasteiger partial charge in [-0.1, -0.05) is 51.9 Å². The molecule has 0 aromatic carbocycles. The molecule has 0 spiro atoms. The quantitative estimate of drug-likeness (QED) is 0.548. The summed E-state index contributed by atoms with van der Waals surface area (Å²) in [6, 6.07) is 0. The van der Waals surface area contributed by atoms with Crippen molar-refractivity contribution >= 4 is 10.1 Å². The van der Waals surface area contributed by atoms with Gasteiger partial charge in [-0.3, -0.25) is 4.55 Å². The normalized spacial score (nSPS) is 16.6. The van der Waals surface area contributed by atoms with Crippen LogP contribution in [0.5, 0.6) is 0 Å². The zero-order valence-electron chi connectivity index (χ0n) is 13.3. The van der Waals surface area contributed by atoms with Crippen LogP contribution in [0.4, 0.5) is 0 Å². The molecular formula is C15H33NO3S. The van der Waals surface area contributed by atoms with Gasteiger partial charge in [0.2, 0.25) is 0 Å². The van der Waals surface area contributed by atoms with E-state index in [2.05, 4.69) is 11.8 Å². The van der Waals surface area contributed by atoms with Crippen molar-refractivity contribution in [3.8, 4) is 0 Å². The van der Waals surface area contributed by atoms with E-state index in [9.17, 15) is 8.42 Å². The molecule has 0 aliphatic carbocycles. The minimum absolute atomic E-state index is 0.715. The first kappa shape index (κ1) is 19.9. The summed E-state index contributed by atoms with van der Waals surface area (Å²) < 4.78 is 25.9. The van der Waals surface area contributed by atoms with Gasteiger partial charge < -0.3 is 4.90 Å². The van der Waals surface area contributed by atoms with Crippen molar-refractivity contribution in [3.05, 3.63) is 0 Å². The van der Waals surface area contributed by atoms with Crippen molar-refractivity contribution < 1.29 is 13.0 Å². The zero-order chi connectivity index (χ0) is 15.3. The minimum Gasteiger partial charge on any atom is -0.303 e. The lowest BCUT2D eigenvalue weighted by Crippen LogP contribution is -2.30. The van der Waals surface area contributed by atoms with Crippen molar-refractivity contribution in [1.29, 1.82) is 0 Å². The molecule has 0 aromatic rings. The Morgan fingerprint density at radius 1 is 0.900 bits per heavy atom. The molecule has 0 unspecified atom stereocenters. The van der Waals surface area contributed by atoms with E-state index in [1.165, 1.54) is 83.8 Å². The average molecular weight is 308 g/mol. The van der Waals surface area contributed by atoms with Crippen molar-refractivity contribution in [2.75, 3.05) is 25.9 Å². The van der Waals surface area contributed by atoms with Crippen molar-refractivity contribution in [2.45, 2.75) is 71.1 Å². The Morgan fingerprint density at radius 2 is 1.35 bits per heavy atom. The molecule has 4 nitrogen and oxygen atoms in total. The van der Waals surface area contributed by atoms with Gasteiger partial charge in [-0.15, -0.1) is 0 Å². The summed E-state index contributed by atoms with van der Waals surface area (Å²) in [4.78, 5) is 2.66. The molecule has 122 valence electrons. The Kier molecular flexibility index (Phi) is 12.5. The maximum Gasteiger partial charge on any atom is 0.261 e. The van der Waals surface area contributed by atoms with Gasteiger partial charge in [-0.25, -0.2) is 0 Å². The van der Waals surface area contributed by atoms with Crippen molar-refractivity contribution in [1.82, 2.24) is 4.90 Å². The number of hydrogen-bond donors (Lipinski definition) is 1. The molecule has 0 radical (unpaired) electrons. The smallest absolute Gasteiger partial charge is 0.261 e. The van der Waals surface area contributed by atoms with E-state index in [1.807, 2.05) is 0 Å². The number of likely N-dealkylation sites (tertiary alicyclic amines) is 1. The molecule has 1 aliphatic rings. The van der Waals surface area contributed by atoms with Crippen LogP contribution in [0.25, 0.3) is 0 Å². The molecule has 1 aliphatic heterocycles. The highest BCUT2D eigenvalue weighted by molar-refractivity contribution is 7.85. The van der Waals surface area contributed by atoms with E-state index >= 15 is 0 Å². The standard InChI is InChI=1S/C14H29N.CH4O3S/c1-2-3-4-5-6-7-9-12-15-13-10-8-11-14-15;1-5(2,3)4/h2-14H2,1H3;1H3,(H,2,3,4). The number of nitrogens with zero attached hydrogens (tertiary/aromatic N) is 1. The van der Waals surface area contributed by atoms with Gasteiger partial charge in [0.1, 0.15) is 0 Å². The largest absolute Gasteiger partial charge is 0.303 e. The first-order chi connectivity index (χ1) is 9.43. The summed E-state index contributed by atoms with van der Waals surface area (Å²) in [5.41, 5.74) is 0. The second kappa shape index (κ2) is 12.6. The third-order valence-electron chi connectivity index (χ3n) is 3.53. The van der Waals surface area contributed by atoms with Crippen LogP contribution in [-0.4, -0.2) is 43.8 Å². The van der Waals surface area contributed by atoms with Crippen LogP contribution in [0.2, 0.25) is 0 Å². The summed E-state index contributed by atoms with van der Waals surface area (Å²) in [7, 11) is -3.67. The Hall–Kier alpha value is -0.130. The second-order valence-electron chi connectivity index (χ2n) is 5.76. The molecule has 5 heteroatoms. The predicted molar refractivity (Wildman–Crippen MR) is 85.8 cm³/mol. The third-order valence-corrected chi connectivity index (χ3v) is 3.53. The second-order valence-corrected chi connectivity index (χ2v) is 7.22. The lowest BCUT2D eigenvalue weighted by Gasteiger charge is -2.26. The van der Waals surface area contributed by atoms with Crippen LogP contribution < -0.4 is 0 Å². The van der Waals surface area contributed by atoms with Gasteiger partial charge in [0.25, 0.3) is 10.1 Å². The van der Waals surface area contributed by atoms with Crippen LogP contribution in [0, 0.1) is 0 Å². The highest BCUT2D eigenvalue weighted by atomic mass is 32.2. The van der Waals surface area contributed by atoms with E-state index in [1.54, 1.807) is 0 Å². The van der Waals surface area contributed by atoms with Crippen molar-refractivity contribution in [2.24, 2.45) is 0 Å². The van der Waals surface area contributed by atoms with Gasteiger partial charge in [0.15, 0.2) is 0 Å². The van der Waals surface area contributed by atoms with Crippen LogP contribution in [-0.2, 0) is 10.1 Å². The van der Waals surface area contributed by atoms with E-state index < -0.39 is 10.1 Å². The fourth-order valence-corrected chi connectivity index (χ4v) is 2.48. The highest BCUT2D eigenvalue weighted by Crippen LogP contribution is 2.11. The minimum atomic E-state index is -3.67. The number of hydrogen-bond acceptors (Lipinski definition) is 3. The Bertz CT molecular complexity index is 290. The van der Waals surface area contributed by atoms with Crippen molar-refractivity contribution in [3.63, 3.8) is 0 Å². The van der Waals surface area contributed by atoms with Gasteiger partial charge >= 0.3 is 0 Å². The zero-order valence-corrected chi connectivity index (χ0v) is 14.1. The lowest BCUT2D eigenvalue weighted by atomic mass is 10.1. The summed E-state index contributed by atoms with van der Waals surface area (Å²) in [5, 5.41) is 0. The predicted octanol–water partition coefficient (Wildman–Crippen LogP) is 3.73. The summed E-state index contributed by atoms with van der Waals surface area (Å²) in [6.45, 7) is 6.40. The van der Waals surface area contributed by atoms with E-state index in [4.69, 9.17) is 4.55 Å². The first-order valence-corrected chi connectivity index (χ1v) is 9.93. The number of rotatable bonds is 8. The molecule has 0 amide bonds. The third kappa shape index (κ3) is 17.9. The van der Waals surface area contributed by atoms with E-state index in [0.717, 1.165) is 0 Å². The van der Waals surface area contributed by atoms with Crippen LogP contribution in [0.1, 0.15) is 71.1 Å². The van der Waals surface area contributed by atoms with Gasteiger partial charge in [0.05, 0.1) is 6.26 Å². The van der Waals surface area contributed by atoms with E-state index in [-0.39, 0.29) is 0 Å². The number of piperidine rings is 1. The fourth-order valence-electron chi connectivity index (χ4n) is 2.48. The van der Waals surface area contributed by atoms with Crippen LogP contribution >= 0.6 is 0 Å². The number of unbranched alkanes of at least 4 members (excludes halogenated alkanes) is 6. The van der Waals surface area contributed by atoms with Crippen LogP contribution in [0.15, 0.2) is 0 Å². The summed E-state index contributed by atoms with van der Waals surface area (Å²) in [6.07, 6.45) is 15.2. The SMILES string of the molecule is CCCCCCCCCN1CCCCC1.CS(=O)(=O)O. The molecule has 0 aromatic heterocycles. The molecule has 0 bridgehead atoms. The van der Waals surface area contributed by atoms with Crippen LogP contribution in [0.3, 0.4) is 0 Å². The molecule has 0 atom stereocenters. The molecule has 1 heterocycles. The van der Waals surface area contributed by atoms with Gasteiger partial charge in [-0.05, 0) is 38.9 Å². The molecule has 0 saturated carbocycles. The van der Waals surface area contributed by atoms with Gasteiger partial charge in [-0.2, -0.15) is 8.42 Å². The Labute approximate surface area is 125 Å². The maximum atomic E-state index is 9.19.